The molecule has 0 saturated heterocycles. The molecule has 0 bridgehead atoms. The van der Waals surface area contributed by atoms with E-state index in [2.05, 4.69) is 4.74 Å². The number of ether oxygens (including phenoxy) is 1. The number of benzene rings is 1. The van der Waals surface area contributed by atoms with Gasteiger partial charge in [0.2, 0.25) is 29.1 Å². The topological polar surface area (TPSA) is 46.5 Å². The minimum Gasteiger partial charge on any atom is -0.484 e. The van der Waals surface area contributed by atoms with E-state index in [1.54, 1.807) is 0 Å². The van der Waals surface area contributed by atoms with Crippen molar-refractivity contribution in [1.29, 1.82) is 0 Å². The normalized spacial score (nSPS) is 12.3. The number of halogens is 5. The zero-order chi connectivity index (χ0) is 14.0. The lowest BCUT2D eigenvalue weighted by molar-refractivity contribution is -0.138. The lowest BCUT2D eigenvalue weighted by atomic mass is 10.2. The van der Waals surface area contributed by atoms with Gasteiger partial charge in [-0.05, 0) is 6.92 Å². The molecule has 1 rings (SSSR count). The van der Waals surface area contributed by atoms with Crippen LogP contribution in [0.3, 0.4) is 0 Å². The van der Waals surface area contributed by atoms with Gasteiger partial charge in [0.1, 0.15) is 6.10 Å². The number of rotatable bonds is 4. The molecule has 0 aliphatic carbocycles. The van der Waals surface area contributed by atoms with Crippen LogP contribution in [0.4, 0.5) is 22.0 Å². The summed E-state index contributed by atoms with van der Waals surface area (Å²) in [5, 5.41) is 8.38. The van der Waals surface area contributed by atoms with Gasteiger partial charge in [-0.2, -0.15) is 8.78 Å². The monoisotopic (exact) mass is 270 g/mol. The van der Waals surface area contributed by atoms with Gasteiger partial charge < -0.3 is 9.84 Å². The first-order valence-electron chi connectivity index (χ1n) is 4.65. The van der Waals surface area contributed by atoms with Crippen LogP contribution in [0.15, 0.2) is 0 Å². The Hall–Kier alpha value is -1.86. The van der Waals surface area contributed by atoms with Crippen LogP contribution in [0.1, 0.15) is 13.3 Å². The van der Waals surface area contributed by atoms with Crippen molar-refractivity contribution in [1.82, 2.24) is 0 Å². The van der Waals surface area contributed by atoms with Gasteiger partial charge in [-0.3, -0.25) is 4.79 Å². The van der Waals surface area contributed by atoms with E-state index in [1.165, 1.54) is 0 Å². The molecule has 1 unspecified atom stereocenters. The van der Waals surface area contributed by atoms with Gasteiger partial charge >= 0.3 is 5.97 Å². The maximum atomic E-state index is 13.1. The summed E-state index contributed by atoms with van der Waals surface area (Å²) >= 11 is 0. The molecule has 0 heterocycles. The van der Waals surface area contributed by atoms with Crippen LogP contribution < -0.4 is 4.74 Å². The van der Waals surface area contributed by atoms with E-state index < -0.39 is 53.3 Å². The van der Waals surface area contributed by atoms with E-state index >= 15 is 0 Å². The van der Waals surface area contributed by atoms with Crippen LogP contribution >= 0.6 is 0 Å². The molecule has 1 atom stereocenters. The molecule has 0 radical (unpaired) electrons. The first kappa shape index (κ1) is 14.2. The van der Waals surface area contributed by atoms with Crippen LogP contribution in [0.2, 0.25) is 0 Å². The van der Waals surface area contributed by atoms with Gasteiger partial charge in [-0.1, -0.05) is 0 Å². The Morgan fingerprint density at radius 3 is 1.83 bits per heavy atom. The molecule has 0 aliphatic rings. The molecule has 1 aromatic rings. The second-order valence-corrected chi connectivity index (χ2v) is 3.43. The second kappa shape index (κ2) is 5.19. The molecule has 0 saturated carbocycles. The van der Waals surface area contributed by atoms with Crippen LogP contribution in [0, 0.1) is 29.1 Å². The van der Waals surface area contributed by atoms with Crippen molar-refractivity contribution in [3.8, 4) is 5.75 Å². The van der Waals surface area contributed by atoms with Gasteiger partial charge in [0, 0.05) is 0 Å². The predicted molar refractivity (Wildman–Crippen MR) is 48.6 cm³/mol. The van der Waals surface area contributed by atoms with Gasteiger partial charge in [-0.15, -0.1) is 0 Å². The van der Waals surface area contributed by atoms with Crippen LogP contribution in [0.25, 0.3) is 0 Å². The van der Waals surface area contributed by atoms with Crippen molar-refractivity contribution >= 4 is 5.97 Å². The van der Waals surface area contributed by atoms with Crippen molar-refractivity contribution in [2.24, 2.45) is 0 Å². The van der Waals surface area contributed by atoms with Crippen molar-refractivity contribution < 1.29 is 36.6 Å². The van der Waals surface area contributed by atoms with Gasteiger partial charge in [-0.25, -0.2) is 13.2 Å². The Bertz CT molecular complexity index is 460. The maximum absolute atomic E-state index is 13.1. The van der Waals surface area contributed by atoms with Crippen LogP contribution in [0.5, 0.6) is 5.75 Å². The van der Waals surface area contributed by atoms with E-state index in [-0.39, 0.29) is 0 Å². The average Bonchev–Trinajstić information content (AvgIpc) is 2.29. The number of carbonyl (C=O) groups is 1. The summed E-state index contributed by atoms with van der Waals surface area (Å²) in [6, 6.07) is 0. The summed E-state index contributed by atoms with van der Waals surface area (Å²) in [6.45, 7) is 1.12. The van der Waals surface area contributed by atoms with E-state index in [0.29, 0.717) is 0 Å². The average molecular weight is 270 g/mol. The van der Waals surface area contributed by atoms with Gasteiger partial charge in [0.15, 0.2) is 5.75 Å². The third-order valence-electron chi connectivity index (χ3n) is 1.95. The molecule has 3 nitrogen and oxygen atoms in total. The number of aliphatic carboxylic acids is 1. The summed E-state index contributed by atoms with van der Waals surface area (Å²) in [7, 11) is 0. The first-order chi connectivity index (χ1) is 8.25. The fourth-order valence-corrected chi connectivity index (χ4v) is 1.18. The third-order valence-corrected chi connectivity index (χ3v) is 1.95. The molecular formula is C10H7F5O3. The highest BCUT2D eigenvalue weighted by Gasteiger charge is 2.28. The van der Waals surface area contributed by atoms with Crippen molar-refractivity contribution in [3.05, 3.63) is 29.1 Å². The zero-order valence-electron chi connectivity index (χ0n) is 8.94. The summed E-state index contributed by atoms with van der Waals surface area (Å²) in [5.41, 5.74) is 0. The number of hydrogen-bond acceptors (Lipinski definition) is 2. The fourth-order valence-electron chi connectivity index (χ4n) is 1.18. The quantitative estimate of drug-likeness (QED) is 0.519. The first-order valence-corrected chi connectivity index (χ1v) is 4.65. The number of carboxylic acids is 1. The second-order valence-electron chi connectivity index (χ2n) is 3.43. The van der Waals surface area contributed by atoms with Gasteiger partial charge in [0.05, 0.1) is 6.42 Å². The van der Waals surface area contributed by atoms with E-state index in [4.69, 9.17) is 5.11 Å². The fraction of sp³-hybridized carbons (Fsp3) is 0.300. The Kier molecular flexibility index (Phi) is 4.10. The lowest BCUT2D eigenvalue weighted by Gasteiger charge is -2.14. The van der Waals surface area contributed by atoms with E-state index in [1.807, 2.05) is 0 Å². The predicted octanol–water partition coefficient (Wildman–Crippen LogP) is 2.62. The molecule has 0 aromatic heterocycles. The standard InChI is InChI=1S/C10H7F5O3/c1-3(2-4(16)17)18-10-8(14)6(12)5(11)7(13)9(10)15/h3H,2H2,1H3,(H,16,17). The molecule has 0 amide bonds. The molecular weight excluding hydrogens is 263 g/mol. The SMILES string of the molecule is CC(CC(=O)O)Oc1c(F)c(F)c(F)c(F)c1F. The highest BCUT2D eigenvalue weighted by Crippen LogP contribution is 2.30. The summed E-state index contributed by atoms with van der Waals surface area (Å²) < 4.78 is 68.8. The summed E-state index contributed by atoms with van der Waals surface area (Å²) in [4.78, 5) is 10.3. The lowest BCUT2D eigenvalue weighted by Crippen LogP contribution is -2.19. The highest BCUT2D eigenvalue weighted by molar-refractivity contribution is 5.67. The Labute approximate surface area is 97.8 Å². The van der Waals surface area contributed by atoms with E-state index in [9.17, 15) is 26.7 Å². The number of hydrogen-bond donors (Lipinski definition) is 1. The van der Waals surface area contributed by atoms with Crippen molar-refractivity contribution in [2.75, 3.05) is 0 Å². The molecule has 1 aromatic carbocycles. The summed E-state index contributed by atoms with van der Waals surface area (Å²) in [6.07, 6.45) is -1.91. The van der Waals surface area contributed by atoms with Crippen LogP contribution in [-0.2, 0) is 4.79 Å². The molecule has 100 valence electrons. The molecule has 0 aliphatic heterocycles. The molecule has 18 heavy (non-hydrogen) atoms. The van der Waals surface area contributed by atoms with Crippen molar-refractivity contribution in [3.63, 3.8) is 0 Å². The minimum absolute atomic E-state index is 0.653. The van der Waals surface area contributed by atoms with Gasteiger partial charge in [0.25, 0.3) is 0 Å². The highest BCUT2D eigenvalue weighted by atomic mass is 19.2. The summed E-state index contributed by atoms with van der Waals surface area (Å²) in [5.74, 6) is -13.7. The Morgan fingerprint density at radius 2 is 1.44 bits per heavy atom. The van der Waals surface area contributed by atoms with E-state index in [0.717, 1.165) is 6.92 Å². The third kappa shape index (κ3) is 2.69. The molecule has 0 spiro atoms. The largest absolute Gasteiger partial charge is 0.484 e. The molecule has 0 fully saturated rings. The smallest absolute Gasteiger partial charge is 0.307 e. The number of carboxylic acid groups (broad SMARTS) is 1. The van der Waals surface area contributed by atoms with Crippen LogP contribution in [-0.4, -0.2) is 17.2 Å². The minimum atomic E-state index is -2.30. The molecule has 1 N–H and O–H groups in total. The Morgan fingerprint density at radius 1 is 1.06 bits per heavy atom. The zero-order valence-corrected chi connectivity index (χ0v) is 8.94. The Balaban J connectivity index is 3.13. The molecule has 8 heteroatoms. The van der Waals surface area contributed by atoms with Crippen molar-refractivity contribution in [2.45, 2.75) is 19.4 Å². The maximum Gasteiger partial charge on any atom is 0.307 e.